The first-order valence-corrected chi connectivity index (χ1v) is 5.65. The van der Waals surface area contributed by atoms with Crippen molar-refractivity contribution in [3.05, 3.63) is 0 Å². The molecule has 0 radical (unpaired) electrons. The average Bonchev–Trinajstić information content (AvgIpc) is 2.18. The fourth-order valence-corrected chi connectivity index (χ4v) is 1.88. The lowest BCUT2D eigenvalue weighted by Gasteiger charge is -2.43. The van der Waals surface area contributed by atoms with Crippen LogP contribution in [0.1, 0.15) is 20.8 Å². The van der Waals surface area contributed by atoms with E-state index in [1.54, 1.807) is 0 Å². The second-order valence-corrected chi connectivity index (χ2v) is 4.90. The Bertz CT molecular complexity index is 304. The van der Waals surface area contributed by atoms with E-state index in [9.17, 15) is 9.59 Å². The molecule has 1 aliphatic rings. The van der Waals surface area contributed by atoms with Crippen molar-refractivity contribution >= 4 is 11.9 Å². The molecule has 0 saturated carbocycles. The SMILES string of the molecule is CC(=O)NC(CN1CCOCC1(C)C)C(=O)O. The number of morpholine rings is 1. The van der Waals surface area contributed by atoms with Gasteiger partial charge in [0.1, 0.15) is 6.04 Å². The van der Waals surface area contributed by atoms with Crippen LogP contribution >= 0.6 is 0 Å². The number of carboxylic acid groups (broad SMARTS) is 1. The molecule has 0 aromatic rings. The fourth-order valence-electron chi connectivity index (χ4n) is 1.88. The third-order valence-corrected chi connectivity index (χ3v) is 2.90. The minimum atomic E-state index is -1.01. The summed E-state index contributed by atoms with van der Waals surface area (Å²) in [6, 6.07) is -0.870. The summed E-state index contributed by atoms with van der Waals surface area (Å²) in [5.41, 5.74) is -0.204. The summed E-state index contributed by atoms with van der Waals surface area (Å²) in [6.07, 6.45) is 0. The summed E-state index contributed by atoms with van der Waals surface area (Å²) in [4.78, 5) is 24.0. The van der Waals surface area contributed by atoms with E-state index in [1.807, 2.05) is 18.7 Å². The summed E-state index contributed by atoms with van der Waals surface area (Å²) >= 11 is 0. The van der Waals surface area contributed by atoms with Gasteiger partial charge >= 0.3 is 5.97 Å². The lowest BCUT2D eigenvalue weighted by atomic mass is 10.0. The number of carboxylic acids is 1. The summed E-state index contributed by atoms with van der Waals surface area (Å²) in [6.45, 7) is 7.45. The van der Waals surface area contributed by atoms with Crippen molar-refractivity contribution in [1.29, 1.82) is 0 Å². The molecule has 17 heavy (non-hydrogen) atoms. The summed E-state index contributed by atoms with van der Waals surface area (Å²) in [5, 5.41) is 11.5. The molecule has 1 atom stereocenters. The highest BCUT2D eigenvalue weighted by atomic mass is 16.5. The molecule has 1 saturated heterocycles. The van der Waals surface area contributed by atoms with Gasteiger partial charge in [-0.05, 0) is 13.8 Å². The Hall–Kier alpha value is -1.14. The van der Waals surface area contributed by atoms with Crippen molar-refractivity contribution in [1.82, 2.24) is 10.2 Å². The number of rotatable bonds is 4. The number of nitrogens with zero attached hydrogens (tertiary/aromatic N) is 1. The van der Waals surface area contributed by atoms with Crippen molar-refractivity contribution in [3.8, 4) is 0 Å². The van der Waals surface area contributed by atoms with Crippen molar-refractivity contribution in [2.75, 3.05) is 26.3 Å². The lowest BCUT2D eigenvalue weighted by molar-refractivity contribution is -0.143. The molecule has 6 nitrogen and oxygen atoms in total. The number of hydrogen-bond donors (Lipinski definition) is 2. The van der Waals surface area contributed by atoms with Gasteiger partial charge in [0.05, 0.1) is 13.2 Å². The van der Waals surface area contributed by atoms with Crippen LogP contribution in [-0.4, -0.2) is 59.8 Å². The Morgan fingerprint density at radius 2 is 2.18 bits per heavy atom. The molecule has 1 heterocycles. The Morgan fingerprint density at radius 3 is 2.65 bits per heavy atom. The van der Waals surface area contributed by atoms with Gasteiger partial charge in [-0.15, -0.1) is 0 Å². The van der Waals surface area contributed by atoms with E-state index < -0.39 is 12.0 Å². The molecule has 0 bridgehead atoms. The quantitative estimate of drug-likeness (QED) is 0.709. The molecule has 0 aliphatic carbocycles. The van der Waals surface area contributed by atoms with Crippen LogP contribution in [0.3, 0.4) is 0 Å². The highest BCUT2D eigenvalue weighted by molar-refractivity contribution is 5.82. The van der Waals surface area contributed by atoms with Crippen LogP contribution in [0.25, 0.3) is 0 Å². The number of carbonyl (C=O) groups is 2. The van der Waals surface area contributed by atoms with E-state index in [-0.39, 0.29) is 11.4 Å². The number of ether oxygens (including phenoxy) is 1. The van der Waals surface area contributed by atoms with Gasteiger partial charge in [0.2, 0.25) is 5.91 Å². The first-order valence-electron chi connectivity index (χ1n) is 5.65. The third-order valence-electron chi connectivity index (χ3n) is 2.90. The maximum Gasteiger partial charge on any atom is 0.327 e. The van der Waals surface area contributed by atoms with Crippen molar-refractivity contribution in [3.63, 3.8) is 0 Å². The van der Waals surface area contributed by atoms with E-state index >= 15 is 0 Å². The number of nitrogens with one attached hydrogen (secondary N) is 1. The van der Waals surface area contributed by atoms with Crippen molar-refractivity contribution in [2.24, 2.45) is 0 Å². The van der Waals surface area contributed by atoms with E-state index in [1.165, 1.54) is 6.92 Å². The number of hydrogen-bond acceptors (Lipinski definition) is 4. The van der Waals surface area contributed by atoms with Gasteiger partial charge < -0.3 is 15.2 Å². The Balaban J connectivity index is 2.65. The van der Waals surface area contributed by atoms with Gasteiger partial charge in [-0.25, -0.2) is 4.79 Å². The summed E-state index contributed by atoms with van der Waals surface area (Å²) in [5.74, 6) is -1.34. The Kier molecular flexibility index (Phi) is 4.47. The Morgan fingerprint density at radius 1 is 1.53 bits per heavy atom. The largest absolute Gasteiger partial charge is 0.480 e. The van der Waals surface area contributed by atoms with Gasteiger partial charge in [0.25, 0.3) is 0 Å². The molecular formula is C11H20N2O4. The van der Waals surface area contributed by atoms with Gasteiger partial charge in [-0.1, -0.05) is 0 Å². The maximum atomic E-state index is 11.0. The zero-order valence-electron chi connectivity index (χ0n) is 10.5. The van der Waals surface area contributed by atoms with Gasteiger partial charge in [-0.2, -0.15) is 0 Å². The van der Waals surface area contributed by atoms with Crippen LogP contribution in [0.15, 0.2) is 0 Å². The van der Waals surface area contributed by atoms with E-state index in [4.69, 9.17) is 9.84 Å². The van der Waals surface area contributed by atoms with Crippen LogP contribution < -0.4 is 5.32 Å². The van der Waals surface area contributed by atoms with Crippen LogP contribution in [0.5, 0.6) is 0 Å². The molecule has 0 aromatic carbocycles. The summed E-state index contributed by atoms with van der Waals surface area (Å²) in [7, 11) is 0. The maximum absolute atomic E-state index is 11.0. The second kappa shape index (κ2) is 5.46. The molecule has 2 N–H and O–H groups in total. The van der Waals surface area contributed by atoms with Crippen molar-refractivity contribution < 1.29 is 19.4 Å². The second-order valence-electron chi connectivity index (χ2n) is 4.90. The first-order chi connectivity index (χ1) is 7.83. The molecule has 1 unspecified atom stereocenters. The Labute approximate surface area is 101 Å². The lowest BCUT2D eigenvalue weighted by Crippen LogP contribution is -2.58. The fraction of sp³-hybridized carbons (Fsp3) is 0.818. The van der Waals surface area contributed by atoms with Crippen LogP contribution in [-0.2, 0) is 14.3 Å². The van der Waals surface area contributed by atoms with E-state index in [2.05, 4.69) is 5.32 Å². The zero-order valence-corrected chi connectivity index (χ0v) is 10.5. The van der Waals surface area contributed by atoms with Crippen LogP contribution in [0.4, 0.5) is 0 Å². The third kappa shape index (κ3) is 3.98. The monoisotopic (exact) mass is 244 g/mol. The molecule has 1 fully saturated rings. The standard InChI is InChI=1S/C11H20N2O4/c1-8(14)12-9(10(15)16)6-13-4-5-17-7-11(13,2)3/h9H,4-7H2,1-3H3,(H,12,14)(H,15,16). The smallest absolute Gasteiger partial charge is 0.327 e. The molecule has 1 aliphatic heterocycles. The normalized spacial score (nSPS) is 21.8. The predicted molar refractivity (Wildman–Crippen MR) is 61.7 cm³/mol. The highest BCUT2D eigenvalue weighted by Gasteiger charge is 2.33. The van der Waals surface area contributed by atoms with E-state index in [0.717, 1.165) is 0 Å². The number of carbonyl (C=O) groups excluding carboxylic acids is 1. The first kappa shape index (κ1) is 13.9. The molecule has 1 rings (SSSR count). The van der Waals surface area contributed by atoms with Crippen LogP contribution in [0, 0.1) is 0 Å². The zero-order chi connectivity index (χ0) is 13.1. The molecule has 98 valence electrons. The van der Waals surface area contributed by atoms with E-state index in [0.29, 0.717) is 26.3 Å². The number of aliphatic carboxylic acids is 1. The minimum absolute atomic E-state index is 0.204. The van der Waals surface area contributed by atoms with Gasteiger partial charge in [-0.3, -0.25) is 9.69 Å². The predicted octanol–water partition coefficient (Wildman–Crippen LogP) is -0.313. The van der Waals surface area contributed by atoms with Crippen molar-refractivity contribution in [2.45, 2.75) is 32.4 Å². The molecular weight excluding hydrogens is 224 g/mol. The summed E-state index contributed by atoms with van der Waals surface area (Å²) < 4.78 is 5.36. The van der Waals surface area contributed by atoms with Gasteiger partial charge in [0, 0.05) is 25.6 Å². The minimum Gasteiger partial charge on any atom is -0.480 e. The average molecular weight is 244 g/mol. The molecule has 0 aromatic heterocycles. The number of amides is 1. The molecule has 1 amide bonds. The topological polar surface area (TPSA) is 78.9 Å². The molecule has 0 spiro atoms. The van der Waals surface area contributed by atoms with Crippen LogP contribution in [0.2, 0.25) is 0 Å². The highest BCUT2D eigenvalue weighted by Crippen LogP contribution is 2.18. The molecule has 6 heteroatoms. The van der Waals surface area contributed by atoms with Gasteiger partial charge in [0.15, 0.2) is 0 Å².